The lowest BCUT2D eigenvalue weighted by Crippen LogP contribution is -2.36. The summed E-state index contributed by atoms with van der Waals surface area (Å²) in [4.78, 5) is 25.1. The Hall–Kier alpha value is -1.91. The fraction of sp³-hybridized carbons (Fsp3) is 0.500. The highest BCUT2D eigenvalue weighted by Crippen LogP contribution is 2.25. The Morgan fingerprint density at radius 2 is 1.71 bits per heavy atom. The van der Waals surface area contributed by atoms with Crippen LogP contribution in [0.4, 0.5) is 4.39 Å². The Bertz CT molecular complexity index is 495. The van der Waals surface area contributed by atoms with Crippen molar-refractivity contribution in [3.05, 3.63) is 35.6 Å². The van der Waals surface area contributed by atoms with Crippen LogP contribution < -0.4 is 0 Å². The molecule has 0 spiro atoms. The monoisotopic (exact) mass is 293 g/mol. The molecule has 4 nitrogen and oxygen atoms in total. The van der Waals surface area contributed by atoms with Crippen LogP contribution in [-0.4, -0.2) is 35.0 Å². The number of aliphatic carboxylic acids is 1. The van der Waals surface area contributed by atoms with E-state index in [0.29, 0.717) is 5.56 Å². The van der Waals surface area contributed by atoms with Gasteiger partial charge in [0.15, 0.2) is 0 Å². The zero-order valence-corrected chi connectivity index (χ0v) is 11.9. The molecular formula is C16H20FNO3. The molecule has 0 bridgehead atoms. The summed E-state index contributed by atoms with van der Waals surface area (Å²) in [6.07, 6.45) is 3.20. The predicted molar refractivity (Wildman–Crippen MR) is 76.4 cm³/mol. The van der Waals surface area contributed by atoms with Gasteiger partial charge in [0.1, 0.15) is 5.82 Å². The zero-order chi connectivity index (χ0) is 15.2. The van der Waals surface area contributed by atoms with Crippen molar-refractivity contribution in [1.82, 2.24) is 4.90 Å². The largest absolute Gasteiger partial charge is 0.481 e. The number of hydrogen-bond acceptors (Lipinski definition) is 2. The number of likely N-dealkylation sites (tertiary alicyclic amines) is 1. The molecule has 1 aromatic carbocycles. The number of piperidine rings is 1. The number of nitrogens with zero attached hydrogens (tertiary/aromatic N) is 1. The van der Waals surface area contributed by atoms with Crippen LogP contribution in [0.15, 0.2) is 24.3 Å². The predicted octanol–water partition coefficient (Wildman–Crippen LogP) is 2.79. The van der Waals surface area contributed by atoms with Crippen LogP contribution in [-0.2, 0) is 9.59 Å². The van der Waals surface area contributed by atoms with E-state index in [0.717, 1.165) is 32.4 Å². The van der Waals surface area contributed by atoms with Gasteiger partial charge in [-0.15, -0.1) is 0 Å². The molecule has 1 heterocycles. The minimum absolute atomic E-state index is 0.00900. The normalized spacial score (nSPS) is 16.5. The molecule has 1 aliphatic heterocycles. The first-order valence-electron chi connectivity index (χ1n) is 7.31. The molecule has 1 N–H and O–H groups in total. The first kappa shape index (κ1) is 15.5. The number of rotatable bonds is 5. The van der Waals surface area contributed by atoms with E-state index in [2.05, 4.69) is 0 Å². The Morgan fingerprint density at radius 3 is 2.29 bits per heavy atom. The molecule has 5 heteroatoms. The van der Waals surface area contributed by atoms with Gasteiger partial charge in [-0.1, -0.05) is 12.1 Å². The standard InChI is InChI=1S/C16H20FNO3/c17-14-6-4-12(5-7-14)13(11-16(20)21)10-15(19)18-8-2-1-3-9-18/h4-7,13H,1-3,8-11H2,(H,20,21)/t13-/m1/s1. The molecule has 0 aliphatic carbocycles. The third-order valence-corrected chi connectivity index (χ3v) is 3.89. The minimum atomic E-state index is -0.948. The second-order valence-corrected chi connectivity index (χ2v) is 5.49. The quantitative estimate of drug-likeness (QED) is 0.908. The van der Waals surface area contributed by atoms with Crippen LogP contribution in [0.5, 0.6) is 0 Å². The van der Waals surface area contributed by atoms with Crippen LogP contribution in [0.1, 0.15) is 43.6 Å². The number of halogens is 1. The second kappa shape index (κ2) is 7.20. The molecule has 1 aliphatic rings. The van der Waals surface area contributed by atoms with E-state index in [1.165, 1.54) is 12.1 Å². The van der Waals surface area contributed by atoms with E-state index < -0.39 is 11.9 Å². The first-order valence-corrected chi connectivity index (χ1v) is 7.31. The molecule has 1 fully saturated rings. The van der Waals surface area contributed by atoms with Crippen molar-refractivity contribution in [3.63, 3.8) is 0 Å². The maximum atomic E-state index is 13.0. The van der Waals surface area contributed by atoms with Crippen LogP contribution in [0.2, 0.25) is 0 Å². The lowest BCUT2D eigenvalue weighted by molar-refractivity contribution is -0.138. The van der Waals surface area contributed by atoms with Crippen LogP contribution in [0.25, 0.3) is 0 Å². The minimum Gasteiger partial charge on any atom is -0.481 e. The molecule has 1 saturated heterocycles. The van der Waals surface area contributed by atoms with Gasteiger partial charge in [-0.05, 0) is 37.0 Å². The van der Waals surface area contributed by atoms with Gasteiger partial charge < -0.3 is 10.0 Å². The molecular weight excluding hydrogens is 273 g/mol. The average molecular weight is 293 g/mol. The maximum absolute atomic E-state index is 13.0. The van der Waals surface area contributed by atoms with Gasteiger partial charge in [-0.25, -0.2) is 4.39 Å². The Balaban J connectivity index is 2.06. The molecule has 0 radical (unpaired) electrons. The summed E-state index contributed by atoms with van der Waals surface area (Å²) in [6.45, 7) is 1.50. The van der Waals surface area contributed by atoms with Gasteiger partial charge in [0.2, 0.25) is 5.91 Å². The van der Waals surface area contributed by atoms with Crippen molar-refractivity contribution < 1.29 is 19.1 Å². The third kappa shape index (κ3) is 4.55. The Labute approximate surface area is 123 Å². The summed E-state index contributed by atoms with van der Waals surface area (Å²) >= 11 is 0. The van der Waals surface area contributed by atoms with Gasteiger partial charge in [0.05, 0.1) is 6.42 Å². The van der Waals surface area contributed by atoms with E-state index >= 15 is 0 Å². The summed E-state index contributed by atoms with van der Waals surface area (Å²) in [5.74, 6) is -1.73. The molecule has 0 unspecified atom stereocenters. The number of carbonyl (C=O) groups is 2. The maximum Gasteiger partial charge on any atom is 0.303 e. The fourth-order valence-corrected chi connectivity index (χ4v) is 2.74. The van der Waals surface area contributed by atoms with Crippen LogP contribution in [0, 0.1) is 5.82 Å². The summed E-state index contributed by atoms with van der Waals surface area (Å²) in [5, 5.41) is 9.02. The molecule has 2 rings (SSSR count). The van der Waals surface area contributed by atoms with Crippen molar-refractivity contribution >= 4 is 11.9 Å². The highest BCUT2D eigenvalue weighted by atomic mass is 19.1. The molecule has 0 saturated carbocycles. The van der Waals surface area contributed by atoms with Gasteiger partial charge >= 0.3 is 5.97 Å². The molecule has 1 atom stereocenters. The van der Waals surface area contributed by atoms with Crippen LogP contribution in [0.3, 0.4) is 0 Å². The van der Waals surface area contributed by atoms with Gasteiger partial charge in [-0.2, -0.15) is 0 Å². The lowest BCUT2D eigenvalue weighted by atomic mass is 9.91. The van der Waals surface area contributed by atoms with E-state index in [1.54, 1.807) is 12.1 Å². The number of amides is 1. The van der Waals surface area contributed by atoms with E-state index in [-0.39, 0.29) is 24.6 Å². The zero-order valence-electron chi connectivity index (χ0n) is 11.9. The Morgan fingerprint density at radius 1 is 1.10 bits per heavy atom. The molecule has 1 aromatic rings. The van der Waals surface area contributed by atoms with E-state index in [1.807, 2.05) is 4.90 Å². The first-order chi connectivity index (χ1) is 10.1. The lowest BCUT2D eigenvalue weighted by Gasteiger charge is -2.28. The smallest absolute Gasteiger partial charge is 0.303 e. The Kier molecular flexibility index (Phi) is 5.31. The number of hydrogen-bond donors (Lipinski definition) is 1. The topological polar surface area (TPSA) is 57.6 Å². The summed E-state index contributed by atoms with van der Waals surface area (Å²) in [7, 11) is 0. The number of benzene rings is 1. The number of carboxylic acids is 1. The van der Waals surface area contributed by atoms with E-state index in [9.17, 15) is 14.0 Å². The van der Waals surface area contributed by atoms with Gasteiger partial charge in [-0.3, -0.25) is 9.59 Å². The van der Waals surface area contributed by atoms with Crippen molar-refractivity contribution in [2.45, 2.75) is 38.0 Å². The highest BCUT2D eigenvalue weighted by Gasteiger charge is 2.23. The van der Waals surface area contributed by atoms with Crippen molar-refractivity contribution in [3.8, 4) is 0 Å². The average Bonchev–Trinajstić information content (AvgIpc) is 2.48. The van der Waals surface area contributed by atoms with Crippen molar-refractivity contribution in [2.24, 2.45) is 0 Å². The van der Waals surface area contributed by atoms with Gasteiger partial charge in [0.25, 0.3) is 0 Å². The molecule has 21 heavy (non-hydrogen) atoms. The summed E-state index contributed by atoms with van der Waals surface area (Å²) in [5.41, 5.74) is 0.698. The summed E-state index contributed by atoms with van der Waals surface area (Å²) in [6, 6.07) is 5.73. The van der Waals surface area contributed by atoms with Gasteiger partial charge in [0, 0.05) is 25.4 Å². The molecule has 0 aromatic heterocycles. The highest BCUT2D eigenvalue weighted by molar-refractivity contribution is 5.78. The second-order valence-electron chi connectivity index (χ2n) is 5.49. The molecule has 114 valence electrons. The third-order valence-electron chi connectivity index (χ3n) is 3.89. The fourth-order valence-electron chi connectivity index (χ4n) is 2.74. The van der Waals surface area contributed by atoms with E-state index in [4.69, 9.17) is 5.11 Å². The summed E-state index contributed by atoms with van der Waals surface area (Å²) < 4.78 is 13.0. The number of carboxylic acid groups (broad SMARTS) is 1. The molecule has 1 amide bonds. The van der Waals surface area contributed by atoms with Crippen molar-refractivity contribution in [1.29, 1.82) is 0 Å². The van der Waals surface area contributed by atoms with Crippen LogP contribution >= 0.6 is 0 Å². The SMILES string of the molecule is O=C(O)C[C@@H](CC(=O)N1CCCCC1)c1ccc(F)cc1. The number of carbonyl (C=O) groups excluding carboxylic acids is 1. The van der Waals surface area contributed by atoms with Crippen molar-refractivity contribution in [2.75, 3.05) is 13.1 Å².